The van der Waals surface area contributed by atoms with Crippen molar-refractivity contribution >= 4 is 21.6 Å². The van der Waals surface area contributed by atoms with Gasteiger partial charge in [0, 0.05) is 15.7 Å². The zero-order chi connectivity index (χ0) is 13.4. The molecule has 3 heteroatoms. The third-order valence-electron chi connectivity index (χ3n) is 3.13. The van der Waals surface area contributed by atoms with Crippen LogP contribution in [0.5, 0.6) is 0 Å². The first-order chi connectivity index (χ1) is 8.65. The maximum absolute atomic E-state index is 5.94. The summed E-state index contributed by atoms with van der Waals surface area (Å²) >= 11 is 3.51. The summed E-state index contributed by atoms with van der Waals surface area (Å²) in [5.41, 5.74) is 7.78. The maximum atomic E-state index is 5.94. The number of anilines is 1. The monoisotopic (exact) mass is 313 g/mol. The number of rotatable bonds is 8. The van der Waals surface area contributed by atoms with Crippen LogP contribution in [0.2, 0.25) is 0 Å². The van der Waals surface area contributed by atoms with Crippen LogP contribution in [-0.4, -0.2) is 6.10 Å². The van der Waals surface area contributed by atoms with Crippen molar-refractivity contribution in [3.8, 4) is 0 Å². The zero-order valence-electron chi connectivity index (χ0n) is 11.4. The van der Waals surface area contributed by atoms with Crippen molar-refractivity contribution in [3.05, 3.63) is 28.2 Å². The number of halogens is 1. The van der Waals surface area contributed by atoms with Gasteiger partial charge in [0.25, 0.3) is 0 Å². The average Bonchev–Trinajstić information content (AvgIpc) is 2.34. The molecule has 1 aromatic carbocycles. The topological polar surface area (TPSA) is 35.2 Å². The molecule has 1 aromatic rings. The summed E-state index contributed by atoms with van der Waals surface area (Å²) in [4.78, 5) is 0. The fourth-order valence-electron chi connectivity index (χ4n) is 1.90. The van der Waals surface area contributed by atoms with Gasteiger partial charge < -0.3 is 10.5 Å². The van der Waals surface area contributed by atoms with Gasteiger partial charge >= 0.3 is 0 Å². The fourth-order valence-corrected chi connectivity index (χ4v) is 2.39. The predicted octanol–water partition coefficient (Wildman–Crippen LogP) is 4.91. The lowest BCUT2D eigenvalue weighted by Gasteiger charge is -2.15. The summed E-state index contributed by atoms with van der Waals surface area (Å²) in [5.74, 6) is 0. The molecule has 0 fully saturated rings. The highest BCUT2D eigenvalue weighted by atomic mass is 79.9. The van der Waals surface area contributed by atoms with Gasteiger partial charge in [-0.2, -0.15) is 0 Å². The Morgan fingerprint density at radius 1 is 1.28 bits per heavy atom. The van der Waals surface area contributed by atoms with Crippen LogP contribution in [0.3, 0.4) is 0 Å². The van der Waals surface area contributed by atoms with Crippen molar-refractivity contribution in [3.63, 3.8) is 0 Å². The maximum Gasteiger partial charge on any atom is 0.0751 e. The highest BCUT2D eigenvalue weighted by Gasteiger charge is 2.07. The molecule has 2 nitrogen and oxygen atoms in total. The third-order valence-corrected chi connectivity index (χ3v) is 3.87. The van der Waals surface area contributed by atoms with Crippen molar-refractivity contribution in [1.29, 1.82) is 0 Å². The van der Waals surface area contributed by atoms with E-state index in [0.29, 0.717) is 12.7 Å². The Labute approximate surface area is 119 Å². The molecule has 102 valence electrons. The third kappa shape index (κ3) is 5.40. The fraction of sp³-hybridized carbons (Fsp3) is 0.600. The number of benzene rings is 1. The molecule has 0 heterocycles. The predicted molar refractivity (Wildman–Crippen MR) is 81.6 cm³/mol. The molecular formula is C15H24BrNO. The molecule has 0 radical (unpaired) electrons. The Morgan fingerprint density at radius 3 is 2.72 bits per heavy atom. The van der Waals surface area contributed by atoms with Crippen LogP contribution >= 0.6 is 15.9 Å². The van der Waals surface area contributed by atoms with Gasteiger partial charge in [-0.05, 0) is 25.5 Å². The molecule has 0 bridgehead atoms. The van der Waals surface area contributed by atoms with Crippen LogP contribution in [0.25, 0.3) is 0 Å². The van der Waals surface area contributed by atoms with Crippen LogP contribution in [0.4, 0.5) is 5.69 Å². The van der Waals surface area contributed by atoms with E-state index in [1.54, 1.807) is 0 Å². The number of nitrogens with two attached hydrogens (primary N) is 1. The second-order valence-corrected chi connectivity index (χ2v) is 5.63. The molecule has 1 rings (SSSR count). The number of nitrogen functional groups attached to an aromatic ring is 1. The van der Waals surface area contributed by atoms with E-state index < -0.39 is 0 Å². The van der Waals surface area contributed by atoms with Gasteiger partial charge in [0.15, 0.2) is 0 Å². The minimum Gasteiger partial charge on any atom is -0.398 e. The summed E-state index contributed by atoms with van der Waals surface area (Å²) in [7, 11) is 0. The summed E-state index contributed by atoms with van der Waals surface area (Å²) < 4.78 is 6.89. The lowest BCUT2D eigenvalue weighted by atomic mass is 10.1. The molecule has 0 aliphatic heterocycles. The number of unbranched alkanes of at least 4 members (excludes halogenated alkanes) is 3. The number of hydrogen-bond donors (Lipinski definition) is 1. The standard InChI is InChI=1S/C15H24BrNO/c1-3-4-5-6-8-12(2)18-11-13-14(16)9-7-10-15(13)17/h7,9-10,12H,3-6,8,11,17H2,1-2H3. The minimum absolute atomic E-state index is 0.299. The molecule has 18 heavy (non-hydrogen) atoms. The van der Waals surface area contributed by atoms with E-state index in [-0.39, 0.29) is 0 Å². The molecule has 2 N–H and O–H groups in total. The first-order valence-corrected chi connectivity index (χ1v) is 7.59. The van der Waals surface area contributed by atoms with Gasteiger partial charge in [0.2, 0.25) is 0 Å². The molecule has 0 aliphatic carbocycles. The van der Waals surface area contributed by atoms with Crippen LogP contribution in [0.1, 0.15) is 51.5 Å². The van der Waals surface area contributed by atoms with E-state index in [0.717, 1.165) is 22.1 Å². The highest BCUT2D eigenvalue weighted by Crippen LogP contribution is 2.24. The zero-order valence-corrected chi connectivity index (χ0v) is 13.0. The van der Waals surface area contributed by atoms with Crippen molar-refractivity contribution in [2.45, 2.75) is 58.7 Å². The van der Waals surface area contributed by atoms with E-state index in [4.69, 9.17) is 10.5 Å². The Morgan fingerprint density at radius 2 is 2.06 bits per heavy atom. The van der Waals surface area contributed by atoms with Gasteiger partial charge in [0.05, 0.1) is 12.7 Å². The molecule has 0 aromatic heterocycles. The van der Waals surface area contributed by atoms with Gasteiger partial charge in [-0.1, -0.05) is 54.6 Å². The van der Waals surface area contributed by atoms with Gasteiger partial charge in [-0.3, -0.25) is 0 Å². The van der Waals surface area contributed by atoms with Crippen LogP contribution in [0.15, 0.2) is 22.7 Å². The largest absolute Gasteiger partial charge is 0.398 e. The molecule has 0 amide bonds. The van der Waals surface area contributed by atoms with Gasteiger partial charge in [-0.25, -0.2) is 0 Å². The average molecular weight is 314 g/mol. The number of hydrogen-bond acceptors (Lipinski definition) is 2. The summed E-state index contributed by atoms with van der Waals surface area (Å²) in [6.45, 7) is 4.96. The lowest BCUT2D eigenvalue weighted by molar-refractivity contribution is 0.0459. The van der Waals surface area contributed by atoms with Gasteiger partial charge in [0.1, 0.15) is 0 Å². The summed E-state index contributed by atoms with van der Waals surface area (Å²) in [5, 5.41) is 0. The molecule has 0 spiro atoms. The van der Waals surface area contributed by atoms with Crippen LogP contribution in [-0.2, 0) is 11.3 Å². The number of ether oxygens (including phenoxy) is 1. The second kappa shape index (κ2) is 8.54. The first kappa shape index (κ1) is 15.5. The Kier molecular flexibility index (Phi) is 7.36. The quantitative estimate of drug-likeness (QED) is 0.547. The highest BCUT2D eigenvalue weighted by molar-refractivity contribution is 9.10. The van der Waals surface area contributed by atoms with E-state index in [2.05, 4.69) is 29.8 Å². The van der Waals surface area contributed by atoms with Crippen molar-refractivity contribution in [2.75, 3.05) is 5.73 Å². The van der Waals surface area contributed by atoms with E-state index in [9.17, 15) is 0 Å². The van der Waals surface area contributed by atoms with Crippen LogP contribution < -0.4 is 5.73 Å². The van der Waals surface area contributed by atoms with E-state index in [1.165, 1.54) is 25.7 Å². The first-order valence-electron chi connectivity index (χ1n) is 6.79. The molecule has 1 atom stereocenters. The van der Waals surface area contributed by atoms with Crippen molar-refractivity contribution < 1.29 is 4.74 Å². The Hall–Kier alpha value is -0.540. The van der Waals surface area contributed by atoms with E-state index in [1.807, 2.05) is 18.2 Å². The van der Waals surface area contributed by atoms with E-state index >= 15 is 0 Å². The Bertz CT molecular complexity index is 334. The molecule has 0 aliphatic rings. The van der Waals surface area contributed by atoms with Crippen molar-refractivity contribution in [1.82, 2.24) is 0 Å². The van der Waals surface area contributed by atoms with Gasteiger partial charge in [-0.15, -0.1) is 0 Å². The summed E-state index contributed by atoms with van der Waals surface area (Å²) in [6, 6.07) is 5.85. The smallest absolute Gasteiger partial charge is 0.0751 e. The SMILES string of the molecule is CCCCCCC(C)OCc1c(N)cccc1Br. The Balaban J connectivity index is 2.31. The minimum atomic E-state index is 0.299. The molecule has 0 saturated carbocycles. The van der Waals surface area contributed by atoms with Crippen LogP contribution in [0, 0.1) is 0 Å². The molecular weight excluding hydrogens is 290 g/mol. The normalized spacial score (nSPS) is 12.6. The lowest BCUT2D eigenvalue weighted by Crippen LogP contribution is -2.09. The molecule has 0 saturated heterocycles. The second-order valence-electron chi connectivity index (χ2n) is 4.78. The molecule has 1 unspecified atom stereocenters. The summed E-state index contributed by atoms with van der Waals surface area (Å²) in [6.07, 6.45) is 6.59. The van der Waals surface area contributed by atoms with Crippen molar-refractivity contribution in [2.24, 2.45) is 0 Å².